The second-order valence-corrected chi connectivity index (χ2v) is 8.62. The Balaban J connectivity index is 1.35. The minimum absolute atomic E-state index is 0.184. The molecule has 35 heavy (non-hydrogen) atoms. The zero-order valence-corrected chi connectivity index (χ0v) is 19.3. The van der Waals surface area contributed by atoms with Crippen molar-refractivity contribution in [2.45, 2.75) is 51.2 Å². The highest BCUT2D eigenvalue weighted by Crippen LogP contribution is 2.29. The predicted molar refractivity (Wildman–Crippen MR) is 128 cm³/mol. The van der Waals surface area contributed by atoms with Crippen molar-refractivity contribution in [2.75, 3.05) is 18.5 Å². The van der Waals surface area contributed by atoms with Gasteiger partial charge < -0.3 is 20.4 Å². The van der Waals surface area contributed by atoms with Crippen LogP contribution >= 0.6 is 0 Å². The average Bonchev–Trinajstić information content (AvgIpc) is 3.47. The van der Waals surface area contributed by atoms with Crippen molar-refractivity contribution in [2.24, 2.45) is 0 Å². The fraction of sp³-hybridized carbons (Fsp3) is 0.417. The zero-order valence-electron chi connectivity index (χ0n) is 19.3. The third-order valence-electron chi connectivity index (χ3n) is 6.31. The fourth-order valence-corrected chi connectivity index (χ4v) is 4.58. The molecular weight excluding hydrogens is 456 g/mol. The van der Waals surface area contributed by atoms with Crippen molar-refractivity contribution in [3.63, 3.8) is 0 Å². The third kappa shape index (κ3) is 4.95. The number of alkyl halides is 2. The number of pyridine rings is 1. The standard InChI is InChI=1S/C24H27F2N7O2/c1-2-35-16-6-4-15(5-7-16)31-24-30-10-18-17(9-28-22(18)32-24)14-3-8-21-27-11-19(33(21)13-14)23(34)29-12-20(25)26/h3,8-11,13,15-16,20H,2,4-7,12H2,1H3,(H,29,34)(H2,28,30,31,32)/t15-,16+. The van der Waals surface area contributed by atoms with Crippen LogP contribution in [0, 0.1) is 0 Å². The molecule has 1 amide bonds. The van der Waals surface area contributed by atoms with E-state index in [0.717, 1.165) is 48.8 Å². The molecule has 11 heteroatoms. The molecule has 0 unspecified atom stereocenters. The van der Waals surface area contributed by atoms with Crippen LogP contribution in [-0.4, -0.2) is 62.0 Å². The highest BCUT2D eigenvalue weighted by atomic mass is 19.3. The Morgan fingerprint density at radius 2 is 2.06 bits per heavy atom. The number of imidazole rings is 1. The highest BCUT2D eigenvalue weighted by Gasteiger charge is 2.22. The van der Waals surface area contributed by atoms with Gasteiger partial charge in [0.05, 0.1) is 18.8 Å². The Labute approximate surface area is 200 Å². The van der Waals surface area contributed by atoms with Crippen molar-refractivity contribution in [3.05, 3.63) is 42.6 Å². The summed E-state index contributed by atoms with van der Waals surface area (Å²) < 4.78 is 32.3. The molecule has 0 aromatic carbocycles. The topological polar surface area (TPSA) is 109 Å². The van der Waals surface area contributed by atoms with Crippen molar-refractivity contribution < 1.29 is 18.3 Å². The summed E-state index contributed by atoms with van der Waals surface area (Å²) in [7, 11) is 0. The van der Waals surface area contributed by atoms with Crippen LogP contribution in [-0.2, 0) is 4.74 Å². The summed E-state index contributed by atoms with van der Waals surface area (Å²) in [6, 6.07) is 3.97. The highest BCUT2D eigenvalue weighted by molar-refractivity contribution is 5.95. The van der Waals surface area contributed by atoms with Gasteiger partial charge in [-0.1, -0.05) is 0 Å². The van der Waals surface area contributed by atoms with E-state index in [-0.39, 0.29) is 5.69 Å². The molecule has 3 N–H and O–H groups in total. The van der Waals surface area contributed by atoms with Crippen molar-refractivity contribution in [1.82, 2.24) is 29.7 Å². The number of hydrogen-bond donors (Lipinski definition) is 3. The van der Waals surface area contributed by atoms with E-state index in [1.54, 1.807) is 22.9 Å². The van der Waals surface area contributed by atoms with Gasteiger partial charge in [0.2, 0.25) is 5.95 Å². The molecule has 0 spiro atoms. The van der Waals surface area contributed by atoms with E-state index in [1.165, 1.54) is 6.20 Å². The number of anilines is 1. The number of carbonyl (C=O) groups excluding carboxylic acids is 1. The lowest BCUT2D eigenvalue weighted by atomic mass is 9.93. The van der Waals surface area contributed by atoms with Gasteiger partial charge in [0.1, 0.15) is 17.0 Å². The van der Waals surface area contributed by atoms with Gasteiger partial charge in [-0.05, 0) is 44.7 Å². The van der Waals surface area contributed by atoms with Gasteiger partial charge in [-0.2, -0.15) is 4.98 Å². The molecule has 1 fully saturated rings. The average molecular weight is 484 g/mol. The smallest absolute Gasteiger partial charge is 0.270 e. The van der Waals surface area contributed by atoms with Gasteiger partial charge >= 0.3 is 0 Å². The molecule has 4 aromatic heterocycles. The van der Waals surface area contributed by atoms with Crippen LogP contribution in [0.5, 0.6) is 0 Å². The summed E-state index contributed by atoms with van der Waals surface area (Å²) in [6.45, 7) is 2.06. The van der Waals surface area contributed by atoms with E-state index in [2.05, 4.69) is 30.6 Å². The SMILES string of the molecule is CCO[C@H]1CC[C@@H](Nc2ncc3c(-c4ccc5ncc(C(=O)NCC(F)F)n5c4)c[nH]c3n2)CC1. The molecule has 0 saturated heterocycles. The van der Waals surface area contributed by atoms with Gasteiger partial charge in [0.15, 0.2) is 0 Å². The second kappa shape index (κ2) is 9.95. The van der Waals surface area contributed by atoms with Crippen LogP contribution < -0.4 is 10.6 Å². The van der Waals surface area contributed by atoms with Crippen LogP contribution in [0.1, 0.15) is 43.1 Å². The number of nitrogens with zero attached hydrogens (tertiary/aromatic N) is 4. The first-order valence-electron chi connectivity index (χ1n) is 11.8. The number of H-pyrrole nitrogens is 1. The summed E-state index contributed by atoms with van der Waals surface area (Å²) in [4.78, 5) is 28.9. The van der Waals surface area contributed by atoms with E-state index >= 15 is 0 Å². The molecule has 1 saturated carbocycles. The molecular formula is C24H27F2N7O2. The molecule has 184 valence electrons. The summed E-state index contributed by atoms with van der Waals surface area (Å²) in [5.41, 5.74) is 3.09. The van der Waals surface area contributed by atoms with Gasteiger partial charge in [-0.25, -0.2) is 18.7 Å². The second-order valence-electron chi connectivity index (χ2n) is 8.62. The van der Waals surface area contributed by atoms with Gasteiger partial charge in [0.25, 0.3) is 12.3 Å². The van der Waals surface area contributed by atoms with Gasteiger partial charge in [0, 0.05) is 47.8 Å². The Bertz CT molecular complexity index is 1330. The predicted octanol–water partition coefficient (Wildman–Crippen LogP) is 4.03. The van der Waals surface area contributed by atoms with Crippen LogP contribution in [0.15, 0.2) is 36.9 Å². The first-order chi connectivity index (χ1) is 17.0. The fourth-order valence-electron chi connectivity index (χ4n) is 4.58. The van der Waals surface area contributed by atoms with E-state index < -0.39 is 18.9 Å². The minimum Gasteiger partial charge on any atom is -0.379 e. The molecule has 0 radical (unpaired) electrons. The normalized spacial score (nSPS) is 18.4. The summed E-state index contributed by atoms with van der Waals surface area (Å²) >= 11 is 0. The van der Waals surface area contributed by atoms with Crippen molar-refractivity contribution >= 4 is 28.5 Å². The Hall–Kier alpha value is -3.60. The van der Waals surface area contributed by atoms with E-state index in [4.69, 9.17) is 4.74 Å². The lowest BCUT2D eigenvalue weighted by Crippen LogP contribution is -2.30. The number of aromatic nitrogens is 5. The van der Waals surface area contributed by atoms with Gasteiger partial charge in [-0.15, -0.1) is 0 Å². The maximum absolute atomic E-state index is 12.5. The molecule has 1 aliphatic rings. The first kappa shape index (κ1) is 23.2. The molecule has 0 bridgehead atoms. The lowest BCUT2D eigenvalue weighted by molar-refractivity contribution is 0.0346. The third-order valence-corrected chi connectivity index (χ3v) is 6.31. The number of halogens is 2. The Kier molecular flexibility index (Phi) is 6.58. The van der Waals surface area contributed by atoms with Crippen LogP contribution in [0.3, 0.4) is 0 Å². The minimum atomic E-state index is -2.62. The van der Waals surface area contributed by atoms with E-state index in [1.807, 2.05) is 19.2 Å². The van der Waals surface area contributed by atoms with E-state index in [0.29, 0.717) is 29.4 Å². The quantitative estimate of drug-likeness (QED) is 0.349. The number of hydrogen-bond acceptors (Lipinski definition) is 6. The van der Waals surface area contributed by atoms with E-state index in [9.17, 15) is 13.6 Å². The maximum Gasteiger partial charge on any atom is 0.270 e. The first-order valence-corrected chi connectivity index (χ1v) is 11.8. The summed E-state index contributed by atoms with van der Waals surface area (Å²) in [6.07, 6.45) is 8.55. The van der Waals surface area contributed by atoms with Crippen LogP contribution in [0.4, 0.5) is 14.7 Å². The number of aromatic amines is 1. The number of amides is 1. The molecule has 1 aliphatic carbocycles. The Morgan fingerprint density at radius 1 is 1.23 bits per heavy atom. The number of ether oxygens (including phenoxy) is 1. The van der Waals surface area contributed by atoms with Crippen molar-refractivity contribution in [3.8, 4) is 11.1 Å². The molecule has 5 rings (SSSR count). The van der Waals surface area contributed by atoms with Crippen molar-refractivity contribution in [1.29, 1.82) is 0 Å². The zero-order chi connectivity index (χ0) is 24.4. The van der Waals surface area contributed by atoms with Crippen LogP contribution in [0.2, 0.25) is 0 Å². The Morgan fingerprint density at radius 3 is 2.83 bits per heavy atom. The monoisotopic (exact) mass is 483 g/mol. The largest absolute Gasteiger partial charge is 0.379 e. The number of rotatable bonds is 8. The molecule has 0 aliphatic heterocycles. The molecule has 0 atom stereocenters. The maximum atomic E-state index is 12.5. The summed E-state index contributed by atoms with van der Waals surface area (Å²) in [5.74, 6) is -0.0305. The number of carbonyl (C=O) groups is 1. The molecule has 9 nitrogen and oxygen atoms in total. The number of nitrogens with one attached hydrogen (secondary N) is 3. The van der Waals surface area contributed by atoms with Crippen LogP contribution in [0.25, 0.3) is 27.8 Å². The lowest BCUT2D eigenvalue weighted by Gasteiger charge is -2.28. The van der Waals surface area contributed by atoms with Gasteiger partial charge in [-0.3, -0.25) is 9.20 Å². The molecule has 4 heterocycles. The summed E-state index contributed by atoms with van der Waals surface area (Å²) in [5, 5.41) is 6.49. The molecule has 4 aromatic rings. The number of fused-ring (bicyclic) bond motifs is 2.